The Morgan fingerprint density at radius 3 is 2.65 bits per heavy atom. The SMILES string of the molecule is CNC(=O)NC(=O)CCOc1ccc(F)cc1C(=O)O. The van der Waals surface area contributed by atoms with Crippen LogP contribution in [0.3, 0.4) is 0 Å². The van der Waals surface area contributed by atoms with Gasteiger partial charge in [0.15, 0.2) is 0 Å². The summed E-state index contributed by atoms with van der Waals surface area (Å²) in [5, 5.41) is 13.1. The van der Waals surface area contributed by atoms with E-state index < -0.39 is 23.7 Å². The van der Waals surface area contributed by atoms with Crippen LogP contribution in [-0.4, -0.2) is 36.7 Å². The molecule has 0 bridgehead atoms. The second-order valence-electron chi connectivity index (χ2n) is 3.67. The van der Waals surface area contributed by atoms with Crippen molar-refractivity contribution in [1.29, 1.82) is 0 Å². The molecule has 0 fully saturated rings. The van der Waals surface area contributed by atoms with Crippen LogP contribution < -0.4 is 15.4 Å². The maximum Gasteiger partial charge on any atom is 0.339 e. The molecule has 0 heterocycles. The molecule has 0 aliphatic rings. The molecule has 3 N–H and O–H groups in total. The van der Waals surface area contributed by atoms with Gasteiger partial charge in [-0.05, 0) is 18.2 Å². The highest BCUT2D eigenvalue weighted by Crippen LogP contribution is 2.19. The lowest BCUT2D eigenvalue weighted by molar-refractivity contribution is -0.120. The third-order valence-corrected chi connectivity index (χ3v) is 2.24. The van der Waals surface area contributed by atoms with Gasteiger partial charge in [-0.2, -0.15) is 0 Å². The summed E-state index contributed by atoms with van der Waals surface area (Å²) in [5.74, 6) is -2.67. The number of halogens is 1. The molecule has 0 aliphatic carbocycles. The molecular formula is C12H13FN2O5. The monoisotopic (exact) mass is 284 g/mol. The molecule has 8 heteroatoms. The summed E-state index contributed by atoms with van der Waals surface area (Å²) in [6.07, 6.45) is -0.149. The topological polar surface area (TPSA) is 105 Å². The van der Waals surface area contributed by atoms with Crippen molar-refractivity contribution in [1.82, 2.24) is 10.6 Å². The minimum absolute atomic E-state index is 0.0494. The number of hydrogen-bond acceptors (Lipinski definition) is 4. The van der Waals surface area contributed by atoms with Crippen molar-refractivity contribution in [3.05, 3.63) is 29.6 Å². The van der Waals surface area contributed by atoms with Gasteiger partial charge >= 0.3 is 12.0 Å². The smallest absolute Gasteiger partial charge is 0.339 e. The average Bonchev–Trinajstić information content (AvgIpc) is 2.39. The highest BCUT2D eigenvalue weighted by atomic mass is 19.1. The number of carboxylic acid groups (broad SMARTS) is 1. The summed E-state index contributed by atoms with van der Waals surface area (Å²) in [6.45, 7) is -0.144. The summed E-state index contributed by atoms with van der Waals surface area (Å²) in [6, 6.07) is 2.38. The molecule has 0 spiro atoms. The zero-order chi connectivity index (χ0) is 15.1. The first-order chi connectivity index (χ1) is 9.43. The molecule has 0 saturated carbocycles. The first kappa shape index (κ1) is 15.4. The molecule has 3 amide bonds. The second-order valence-corrected chi connectivity index (χ2v) is 3.67. The van der Waals surface area contributed by atoms with Crippen LogP contribution in [-0.2, 0) is 4.79 Å². The summed E-state index contributed by atoms with van der Waals surface area (Å²) in [5.41, 5.74) is -0.336. The van der Waals surface area contributed by atoms with E-state index in [1.807, 2.05) is 5.32 Å². The number of imide groups is 1. The van der Waals surface area contributed by atoms with Crippen molar-refractivity contribution in [2.45, 2.75) is 6.42 Å². The average molecular weight is 284 g/mol. The van der Waals surface area contributed by atoms with Crippen LogP contribution in [0.1, 0.15) is 16.8 Å². The van der Waals surface area contributed by atoms with Gasteiger partial charge in [0, 0.05) is 7.05 Å². The molecule has 7 nitrogen and oxygen atoms in total. The number of carbonyl (C=O) groups is 3. The molecule has 0 unspecified atom stereocenters. The lowest BCUT2D eigenvalue weighted by Gasteiger charge is -2.09. The van der Waals surface area contributed by atoms with Crippen LogP contribution in [0.4, 0.5) is 9.18 Å². The lowest BCUT2D eigenvalue weighted by atomic mass is 10.2. The molecule has 108 valence electrons. The Bertz CT molecular complexity index is 533. The number of aromatic carboxylic acids is 1. The predicted octanol–water partition coefficient (Wildman–Crippen LogP) is 0.748. The first-order valence-corrected chi connectivity index (χ1v) is 5.61. The largest absolute Gasteiger partial charge is 0.492 e. The summed E-state index contributed by atoms with van der Waals surface area (Å²) in [4.78, 5) is 33.0. The van der Waals surface area contributed by atoms with Crippen molar-refractivity contribution < 1.29 is 28.6 Å². The third-order valence-electron chi connectivity index (χ3n) is 2.24. The zero-order valence-electron chi connectivity index (χ0n) is 10.6. The Kier molecular flexibility index (Phi) is 5.45. The summed E-state index contributed by atoms with van der Waals surface area (Å²) >= 11 is 0. The van der Waals surface area contributed by atoms with Crippen molar-refractivity contribution in [2.75, 3.05) is 13.7 Å². The van der Waals surface area contributed by atoms with Crippen LogP contribution in [0, 0.1) is 5.82 Å². The normalized spacial score (nSPS) is 9.70. The summed E-state index contributed by atoms with van der Waals surface area (Å²) < 4.78 is 18.0. The minimum Gasteiger partial charge on any atom is -0.492 e. The quantitative estimate of drug-likeness (QED) is 0.740. The van der Waals surface area contributed by atoms with Gasteiger partial charge in [0.2, 0.25) is 5.91 Å². The van der Waals surface area contributed by atoms with Crippen molar-refractivity contribution in [3.8, 4) is 5.75 Å². The fraction of sp³-hybridized carbons (Fsp3) is 0.250. The molecule has 20 heavy (non-hydrogen) atoms. The highest BCUT2D eigenvalue weighted by Gasteiger charge is 2.13. The Hall–Kier alpha value is -2.64. The maximum atomic E-state index is 12.9. The minimum atomic E-state index is -1.34. The standard InChI is InChI=1S/C12H13FN2O5/c1-14-12(19)15-10(16)4-5-20-9-3-2-7(13)6-8(9)11(17)18/h2-3,6H,4-5H2,1H3,(H,17,18)(H2,14,15,16,19). The predicted molar refractivity (Wildman–Crippen MR) is 66.1 cm³/mol. The first-order valence-electron chi connectivity index (χ1n) is 5.61. The van der Waals surface area contributed by atoms with Crippen LogP contribution in [0.5, 0.6) is 5.75 Å². The third kappa shape index (κ3) is 4.56. The van der Waals surface area contributed by atoms with Gasteiger partial charge in [-0.1, -0.05) is 0 Å². The molecule has 0 radical (unpaired) electrons. The molecule has 1 aromatic rings. The van der Waals surface area contributed by atoms with E-state index in [4.69, 9.17) is 9.84 Å². The number of hydrogen-bond donors (Lipinski definition) is 3. The number of nitrogens with one attached hydrogen (secondary N) is 2. The van der Waals surface area contributed by atoms with E-state index >= 15 is 0 Å². The Labute approximate surface area is 113 Å². The van der Waals surface area contributed by atoms with Crippen molar-refractivity contribution >= 4 is 17.9 Å². The number of amides is 3. The molecule has 0 saturated heterocycles. The van der Waals surface area contributed by atoms with E-state index in [1.54, 1.807) is 0 Å². The van der Waals surface area contributed by atoms with Gasteiger partial charge in [0.25, 0.3) is 0 Å². The Balaban J connectivity index is 2.56. The molecular weight excluding hydrogens is 271 g/mol. The number of ether oxygens (including phenoxy) is 1. The number of carboxylic acids is 1. The second kappa shape index (κ2) is 7.07. The van der Waals surface area contributed by atoms with E-state index in [1.165, 1.54) is 7.05 Å². The number of urea groups is 1. The molecule has 1 rings (SSSR count). The molecule has 0 aromatic heterocycles. The number of rotatable bonds is 5. The van der Waals surface area contributed by atoms with Gasteiger partial charge in [-0.3, -0.25) is 10.1 Å². The van der Waals surface area contributed by atoms with Crippen molar-refractivity contribution in [3.63, 3.8) is 0 Å². The van der Waals surface area contributed by atoms with Crippen molar-refractivity contribution in [2.24, 2.45) is 0 Å². The highest BCUT2D eigenvalue weighted by molar-refractivity contribution is 5.94. The van der Waals surface area contributed by atoms with Crippen LogP contribution in [0.2, 0.25) is 0 Å². The van der Waals surface area contributed by atoms with Gasteiger partial charge in [0.05, 0.1) is 13.0 Å². The molecule has 0 aliphatic heterocycles. The fourth-order valence-electron chi connectivity index (χ4n) is 1.30. The van der Waals surface area contributed by atoms with Gasteiger partial charge in [-0.25, -0.2) is 14.0 Å². The Morgan fingerprint density at radius 1 is 1.35 bits per heavy atom. The Morgan fingerprint density at radius 2 is 2.05 bits per heavy atom. The molecule has 1 aromatic carbocycles. The number of carbonyl (C=O) groups excluding carboxylic acids is 2. The van der Waals surface area contributed by atoms with E-state index in [0.29, 0.717) is 0 Å². The van der Waals surface area contributed by atoms with E-state index in [2.05, 4.69) is 5.32 Å². The number of benzene rings is 1. The fourth-order valence-corrected chi connectivity index (χ4v) is 1.30. The van der Waals surface area contributed by atoms with E-state index in [0.717, 1.165) is 18.2 Å². The van der Waals surface area contributed by atoms with Gasteiger partial charge < -0.3 is 15.2 Å². The van der Waals surface area contributed by atoms with E-state index in [9.17, 15) is 18.8 Å². The van der Waals surface area contributed by atoms with Gasteiger partial charge in [0.1, 0.15) is 17.1 Å². The van der Waals surface area contributed by atoms with Gasteiger partial charge in [-0.15, -0.1) is 0 Å². The zero-order valence-corrected chi connectivity index (χ0v) is 10.6. The maximum absolute atomic E-state index is 12.9. The van der Waals surface area contributed by atoms with E-state index in [-0.39, 0.29) is 24.3 Å². The van der Waals surface area contributed by atoms with Crippen LogP contribution in [0.15, 0.2) is 18.2 Å². The lowest BCUT2D eigenvalue weighted by Crippen LogP contribution is -2.37. The van der Waals surface area contributed by atoms with Crippen LogP contribution >= 0.6 is 0 Å². The summed E-state index contributed by atoms with van der Waals surface area (Å²) in [7, 11) is 1.36. The van der Waals surface area contributed by atoms with Crippen LogP contribution in [0.25, 0.3) is 0 Å². The molecule has 0 atom stereocenters.